The van der Waals surface area contributed by atoms with Gasteiger partial charge in [0.1, 0.15) is 18.1 Å². The van der Waals surface area contributed by atoms with Crippen molar-refractivity contribution in [2.75, 3.05) is 51.2 Å². The van der Waals surface area contributed by atoms with Crippen LogP contribution in [0.15, 0.2) is 54.9 Å². The molecular weight excluding hydrogens is 508 g/mol. The highest BCUT2D eigenvalue weighted by molar-refractivity contribution is 5.98. The zero-order chi connectivity index (χ0) is 27.3. The quantitative estimate of drug-likeness (QED) is 0.311. The first kappa shape index (κ1) is 25.8. The SMILES string of the molecule is O=C1CCCCN1CCOc1ccnc(-c2ccnc(Nc3ccc4[nH]c(C(=O)N5CCNCC5)cc4c3)n2)c1. The summed E-state index contributed by atoms with van der Waals surface area (Å²) in [6.45, 7) is 4.84. The molecule has 2 fully saturated rings. The average molecular weight is 541 g/mol. The minimum absolute atomic E-state index is 0.0157. The fourth-order valence-electron chi connectivity index (χ4n) is 5.07. The van der Waals surface area contributed by atoms with Gasteiger partial charge in [-0.05, 0) is 49.2 Å². The summed E-state index contributed by atoms with van der Waals surface area (Å²) >= 11 is 0. The molecule has 3 N–H and O–H groups in total. The molecule has 0 aliphatic carbocycles. The number of rotatable bonds is 8. The number of carbonyl (C=O) groups is 2. The highest BCUT2D eigenvalue weighted by atomic mass is 16.5. The summed E-state index contributed by atoms with van der Waals surface area (Å²) in [6.07, 6.45) is 6.01. The lowest BCUT2D eigenvalue weighted by Gasteiger charge is -2.26. The lowest BCUT2D eigenvalue weighted by atomic mass is 10.1. The van der Waals surface area contributed by atoms with Gasteiger partial charge in [0, 0.05) is 74.2 Å². The summed E-state index contributed by atoms with van der Waals surface area (Å²) in [6, 6.07) is 13.2. The molecule has 0 atom stereocenters. The number of H-pyrrole nitrogens is 1. The maximum Gasteiger partial charge on any atom is 0.270 e. The van der Waals surface area contributed by atoms with Crippen LogP contribution in [0.4, 0.5) is 11.6 Å². The molecule has 2 amide bonds. The van der Waals surface area contributed by atoms with Crippen LogP contribution in [0.25, 0.3) is 22.3 Å². The Balaban J connectivity index is 1.12. The number of hydrogen-bond donors (Lipinski definition) is 3. The van der Waals surface area contributed by atoms with Gasteiger partial charge in [0.15, 0.2) is 0 Å². The predicted octanol–water partition coefficient (Wildman–Crippen LogP) is 3.20. The predicted molar refractivity (Wildman–Crippen MR) is 152 cm³/mol. The van der Waals surface area contributed by atoms with Crippen LogP contribution in [0.1, 0.15) is 29.8 Å². The number of aromatic nitrogens is 4. The van der Waals surface area contributed by atoms with Crippen molar-refractivity contribution in [2.45, 2.75) is 19.3 Å². The van der Waals surface area contributed by atoms with E-state index in [1.165, 1.54) is 0 Å². The normalized spacial score (nSPS) is 15.8. The highest BCUT2D eigenvalue weighted by Crippen LogP contribution is 2.25. The number of carbonyl (C=O) groups excluding carboxylic acids is 2. The van der Waals surface area contributed by atoms with Crippen molar-refractivity contribution in [2.24, 2.45) is 0 Å². The van der Waals surface area contributed by atoms with Crippen molar-refractivity contribution in [1.82, 2.24) is 35.1 Å². The van der Waals surface area contributed by atoms with Gasteiger partial charge in [-0.15, -0.1) is 0 Å². The Morgan fingerprint density at radius 2 is 1.85 bits per heavy atom. The Morgan fingerprint density at radius 1 is 0.975 bits per heavy atom. The molecule has 2 saturated heterocycles. The summed E-state index contributed by atoms with van der Waals surface area (Å²) < 4.78 is 5.92. The van der Waals surface area contributed by atoms with Crippen LogP contribution in [0.5, 0.6) is 5.75 Å². The number of anilines is 2. The third-order valence-corrected chi connectivity index (χ3v) is 7.21. The Labute approximate surface area is 232 Å². The number of nitrogens with one attached hydrogen (secondary N) is 3. The largest absolute Gasteiger partial charge is 0.492 e. The first-order chi connectivity index (χ1) is 19.6. The summed E-state index contributed by atoms with van der Waals surface area (Å²) in [5.74, 6) is 1.32. The molecule has 11 nitrogen and oxygen atoms in total. The van der Waals surface area contributed by atoms with Gasteiger partial charge >= 0.3 is 0 Å². The Kier molecular flexibility index (Phi) is 7.53. The zero-order valence-electron chi connectivity index (χ0n) is 22.2. The fourth-order valence-corrected chi connectivity index (χ4v) is 5.07. The molecule has 5 heterocycles. The molecule has 0 saturated carbocycles. The number of hydrogen-bond acceptors (Lipinski definition) is 8. The lowest BCUT2D eigenvalue weighted by molar-refractivity contribution is -0.133. The van der Waals surface area contributed by atoms with Crippen LogP contribution >= 0.6 is 0 Å². The molecular formula is C29H32N8O3. The van der Waals surface area contributed by atoms with E-state index in [9.17, 15) is 9.59 Å². The number of ether oxygens (including phenoxy) is 1. The molecule has 2 aliphatic rings. The molecule has 1 aromatic carbocycles. The number of amides is 2. The van der Waals surface area contributed by atoms with E-state index in [-0.39, 0.29) is 11.8 Å². The van der Waals surface area contributed by atoms with E-state index in [1.54, 1.807) is 24.5 Å². The molecule has 0 spiro atoms. The number of nitrogens with zero attached hydrogens (tertiary/aromatic N) is 5. The number of likely N-dealkylation sites (tertiary alicyclic amines) is 1. The molecule has 3 aromatic heterocycles. The Bertz CT molecular complexity index is 1510. The van der Waals surface area contributed by atoms with Crippen molar-refractivity contribution in [1.29, 1.82) is 0 Å². The third kappa shape index (κ3) is 5.89. The van der Waals surface area contributed by atoms with Crippen molar-refractivity contribution in [3.8, 4) is 17.1 Å². The van der Waals surface area contributed by atoms with Crippen molar-refractivity contribution < 1.29 is 14.3 Å². The van der Waals surface area contributed by atoms with Crippen LogP contribution in [0.2, 0.25) is 0 Å². The van der Waals surface area contributed by atoms with E-state index in [0.717, 1.165) is 49.1 Å². The topological polar surface area (TPSA) is 128 Å². The smallest absolute Gasteiger partial charge is 0.270 e. The van der Waals surface area contributed by atoms with Gasteiger partial charge < -0.3 is 30.2 Å². The van der Waals surface area contributed by atoms with Crippen LogP contribution in [-0.2, 0) is 4.79 Å². The highest BCUT2D eigenvalue weighted by Gasteiger charge is 2.20. The molecule has 0 radical (unpaired) electrons. The second kappa shape index (κ2) is 11.7. The summed E-state index contributed by atoms with van der Waals surface area (Å²) in [5, 5.41) is 7.46. The number of piperazine rings is 1. The van der Waals surface area contributed by atoms with Crippen LogP contribution in [0, 0.1) is 0 Å². The fraction of sp³-hybridized carbons (Fsp3) is 0.345. The minimum atomic E-state index is 0.0157. The molecule has 6 rings (SSSR count). The number of benzene rings is 1. The van der Waals surface area contributed by atoms with E-state index in [1.807, 2.05) is 40.1 Å². The van der Waals surface area contributed by atoms with Crippen LogP contribution in [-0.4, -0.2) is 87.4 Å². The molecule has 0 bridgehead atoms. The number of pyridine rings is 1. The van der Waals surface area contributed by atoms with Crippen LogP contribution < -0.4 is 15.4 Å². The molecule has 206 valence electrons. The summed E-state index contributed by atoms with van der Waals surface area (Å²) in [7, 11) is 0. The Morgan fingerprint density at radius 3 is 2.73 bits per heavy atom. The first-order valence-corrected chi connectivity index (χ1v) is 13.7. The van der Waals surface area contributed by atoms with E-state index >= 15 is 0 Å². The Hall–Kier alpha value is -4.51. The lowest BCUT2D eigenvalue weighted by Crippen LogP contribution is -2.46. The first-order valence-electron chi connectivity index (χ1n) is 13.7. The van der Waals surface area contributed by atoms with Crippen molar-refractivity contribution >= 4 is 34.4 Å². The second-order valence-electron chi connectivity index (χ2n) is 9.98. The van der Waals surface area contributed by atoms with E-state index in [2.05, 4.69) is 30.6 Å². The maximum absolute atomic E-state index is 12.9. The molecule has 2 aliphatic heterocycles. The van der Waals surface area contributed by atoms with Crippen molar-refractivity contribution in [3.05, 3.63) is 60.6 Å². The van der Waals surface area contributed by atoms with Gasteiger partial charge in [-0.3, -0.25) is 14.6 Å². The number of aromatic amines is 1. The average Bonchev–Trinajstić information content (AvgIpc) is 3.42. The molecule has 40 heavy (non-hydrogen) atoms. The monoisotopic (exact) mass is 540 g/mol. The van der Waals surface area contributed by atoms with Gasteiger partial charge in [0.05, 0.1) is 17.9 Å². The third-order valence-electron chi connectivity index (χ3n) is 7.21. The minimum Gasteiger partial charge on any atom is -0.492 e. The van der Waals surface area contributed by atoms with Gasteiger partial charge in [-0.25, -0.2) is 9.97 Å². The summed E-state index contributed by atoms with van der Waals surface area (Å²) in [5.41, 5.74) is 3.60. The van der Waals surface area contributed by atoms with Crippen LogP contribution in [0.3, 0.4) is 0 Å². The van der Waals surface area contributed by atoms with Gasteiger partial charge in [0.25, 0.3) is 5.91 Å². The zero-order valence-corrected chi connectivity index (χ0v) is 22.2. The maximum atomic E-state index is 12.9. The molecule has 11 heteroatoms. The van der Waals surface area contributed by atoms with E-state index < -0.39 is 0 Å². The molecule has 4 aromatic rings. The standard InChI is InChI=1S/C29H32N8O3/c38-27-3-1-2-12-36(27)15-16-40-22-6-8-31-25(19-22)24-7-9-32-29(35-24)33-21-4-5-23-20(17-21)18-26(34-23)28(39)37-13-10-30-11-14-37/h4-9,17-19,30,34H,1-3,10-16H2,(H,32,33,35). The van der Waals surface area contributed by atoms with Gasteiger partial charge in [-0.2, -0.15) is 0 Å². The number of fused-ring (bicyclic) bond motifs is 1. The van der Waals surface area contributed by atoms with Crippen molar-refractivity contribution in [3.63, 3.8) is 0 Å². The second-order valence-corrected chi connectivity index (χ2v) is 9.98. The van der Waals surface area contributed by atoms with Gasteiger partial charge in [0.2, 0.25) is 11.9 Å². The number of piperidine rings is 1. The van der Waals surface area contributed by atoms with E-state index in [0.29, 0.717) is 61.4 Å². The van der Waals surface area contributed by atoms with Gasteiger partial charge in [-0.1, -0.05) is 0 Å². The molecule has 0 unspecified atom stereocenters. The summed E-state index contributed by atoms with van der Waals surface area (Å²) in [4.78, 5) is 45.4. The van der Waals surface area contributed by atoms with E-state index in [4.69, 9.17) is 4.74 Å².